The van der Waals surface area contributed by atoms with Crippen molar-refractivity contribution in [2.75, 3.05) is 33.9 Å². The molecule has 0 aliphatic carbocycles. The maximum absolute atomic E-state index is 13.7. The lowest BCUT2D eigenvalue weighted by molar-refractivity contribution is -0.137. The minimum Gasteiger partial charge on any atom is -0.465 e. The van der Waals surface area contributed by atoms with Gasteiger partial charge in [0.15, 0.2) is 0 Å². The number of esters is 1. The molecule has 0 spiro atoms. The van der Waals surface area contributed by atoms with E-state index in [1.54, 1.807) is 20.8 Å². The van der Waals surface area contributed by atoms with Gasteiger partial charge >= 0.3 is 24.4 Å². The number of amides is 1. The fraction of sp³-hybridized carbons (Fsp3) is 0.444. The number of alkyl halides is 3. The Morgan fingerprint density at radius 1 is 0.947 bits per heavy atom. The molecule has 0 radical (unpaired) electrons. The number of likely N-dealkylation sites (tertiary alicyclic amines) is 1. The molecule has 0 N–H and O–H groups in total. The second-order valence-electron chi connectivity index (χ2n) is 9.89. The minimum atomic E-state index is -4.59. The van der Waals surface area contributed by atoms with Gasteiger partial charge in [-0.05, 0) is 61.7 Å². The van der Waals surface area contributed by atoms with E-state index >= 15 is 0 Å². The first-order valence-corrected chi connectivity index (χ1v) is 11.8. The van der Waals surface area contributed by atoms with E-state index in [0.717, 1.165) is 19.2 Å². The van der Waals surface area contributed by atoms with Crippen LogP contribution in [0.3, 0.4) is 0 Å². The minimum absolute atomic E-state index is 0.127. The highest BCUT2D eigenvalue weighted by Crippen LogP contribution is 2.42. The molecule has 0 saturated carbocycles. The van der Waals surface area contributed by atoms with Gasteiger partial charge in [-0.2, -0.15) is 13.2 Å². The van der Waals surface area contributed by atoms with E-state index in [0.29, 0.717) is 11.1 Å². The van der Waals surface area contributed by atoms with E-state index in [2.05, 4.69) is 4.74 Å². The van der Waals surface area contributed by atoms with Gasteiger partial charge in [0.25, 0.3) is 0 Å². The zero-order valence-corrected chi connectivity index (χ0v) is 21.8. The lowest BCUT2D eigenvalue weighted by atomic mass is 9.83. The van der Waals surface area contributed by atoms with Gasteiger partial charge in [0, 0.05) is 24.9 Å². The second-order valence-corrected chi connectivity index (χ2v) is 9.89. The van der Waals surface area contributed by atoms with Crippen LogP contribution in [0, 0.1) is 5.92 Å². The molecule has 1 saturated heterocycles. The van der Waals surface area contributed by atoms with Gasteiger partial charge in [-0.1, -0.05) is 18.2 Å². The van der Waals surface area contributed by atoms with Crippen molar-refractivity contribution in [2.45, 2.75) is 38.5 Å². The predicted molar refractivity (Wildman–Crippen MR) is 131 cm³/mol. The van der Waals surface area contributed by atoms with Crippen LogP contribution in [0.4, 0.5) is 22.8 Å². The maximum atomic E-state index is 13.7. The van der Waals surface area contributed by atoms with E-state index in [4.69, 9.17) is 14.2 Å². The number of methoxy groups -OCH3 is 2. The molecule has 8 nitrogen and oxygen atoms in total. The van der Waals surface area contributed by atoms with Crippen LogP contribution in [0.5, 0.6) is 0 Å². The Hall–Kier alpha value is -3.76. The number of halogens is 3. The lowest BCUT2D eigenvalue weighted by Crippen LogP contribution is -2.35. The summed E-state index contributed by atoms with van der Waals surface area (Å²) in [7, 11) is 2.39. The summed E-state index contributed by atoms with van der Waals surface area (Å²) >= 11 is 0. The molecule has 0 unspecified atom stereocenters. The maximum Gasteiger partial charge on any atom is 0.507 e. The first-order valence-electron chi connectivity index (χ1n) is 11.8. The SMILES string of the molecule is COC(=O)OC[C@H]1CN(C(=O)OC(C)(C)C)C[C@@H]1c1ccc(C(F)(F)F)cc1-c1ccc(C(=O)OC)cc1. The largest absolute Gasteiger partial charge is 0.507 e. The average Bonchev–Trinajstić information content (AvgIpc) is 3.29. The first kappa shape index (κ1) is 28.8. The number of nitrogens with zero attached hydrogens (tertiary/aromatic N) is 1. The highest BCUT2D eigenvalue weighted by atomic mass is 19.4. The van der Waals surface area contributed by atoms with Crippen LogP contribution in [-0.2, 0) is 25.1 Å². The lowest BCUT2D eigenvalue weighted by Gasteiger charge is -2.24. The van der Waals surface area contributed by atoms with E-state index in [9.17, 15) is 27.6 Å². The van der Waals surface area contributed by atoms with Gasteiger partial charge in [-0.15, -0.1) is 0 Å². The molecule has 0 aromatic heterocycles. The third-order valence-electron chi connectivity index (χ3n) is 6.07. The summed E-state index contributed by atoms with van der Waals surface area (Å²) in [5.74, 6) is -1.53. The molecule has 1 aliphatic heterocycles. The number of hydrogen-bond donors (Lipinski definition) is 0. The molecule has 1 aliphatic rings. The van der Waals surface area contributed by atoms with Crippen molar-refractivity contribution in [3.63, 3.8) is 0 Å². The van der Waals surface area contributed by atoms with Crippen molar-refractivity contribution in [2.24, 2.45) is 5.92 Å². The Labute approximate surface area is 218 Å². The highest BCUT2D eigenvalue weighted by Gasteiger charge is 2.40. The standard InChI is InChI=1S/C27H30F3NO7/c1-26(2,3)38-24(33)31-13-18(15-37-25(34)36-5)22(14-31)20-11-10-19(27(28,29)30)12-21(20)16-6-8-17(9-7-16)23(32)35-4/h6-12,18,22H,13-15H2,1-5H3/t18-,22+/m1/s1. The summed E-state index contributed by atoms with van der Waals surface area (Å²) < 4.78 is 60.9. The normalized spacial score (nSPS) is 17.6. The van der Waals surface area contributed by atoms with Crippen LogP contribution in [-0.4, -0.2) is 62.6 Å². The average molecular weight is 538 g/mol. The van der Waals surface area contributed by atoms with Gasteiger partial charge < -0.3 is 23.8 Å². The van der Waals surface area contributed by atoms with Gasteiger partial charge in [-0.25, -0.2) is 14.4 Å². The van der Waals surface area contributed by atoms with Gasteiger partial charge in [0.05, 0.1) is 25.3 Å². The number of carbonyl (C=O) groups is 3. The highest BCUT2D eigenvalue weighted by molar-refractivity contribution is 5.90. The summed E-state index contributed by atoms with van der Waals surface area (Å²) in [5.41, 5.74) is -0.136. The number of carbonyl (C=O) groups excluding carboxylic acids is 3. The van der Waals surface area contributed by atoms with Crippen LogP contribution in [0.25, 0.3) is 11.1 Å². The van der Waals surface area contributed by atoms with E-state index in [1.807, 2.05) is 0 Å². The number of hydrogen-bond acceptors (Lipinski definition) is 7. The summed E-state index contributed by atoms with van der Waals surface area (Å²) in [6.07, 6.45) is -6.09. The Balaban J connectivity index is 2.06. The smallest absolute Gasteiger partial charge is 0.465 e. The van der Waals surface area contributed by atoms with E-state index in [-0.39, 0.29) is 30.8 Å². The zero-order chi connectivity index (χ0) is 28.3. The van der Waals surface area contributed by atoms with Crippen LogP contribution in [0.15, 0.2) is 42.5 Å². The molecular formula is C27H30F3NO7. The van der Waals surface area contributed by atoms with Crippen molar-refractivity contribution in [1.29, 1.82) is 0 Å². The first-order chi connectivity index (χ1) is 17.7. The van der Waals surface area contributed by atoms with E-state index < -0.39 is 47.4 Å². The van der Waals surface area contributed by atoms with Crippen molar-refractivity contribution >= 4 is 18.2 Å². The predicted octanol–water partition coefficient (Wildman–Crippen LogP) is 5.89. The van der Waals surface area contributed by atoms with Crippen LogP contribution in [0.1, 0.15) is 48.2 Å². The number of ether oxygens (including phenoxy) is 4. The topological polar surface area (TPSA) is 91.4 Å². The molecule has 3 rings (SSSR count). The molecule has 0 bridgehead atoms. The Kier molecular flexibility index (Phi) is 8.58. The summed E-state index contributed by atoms with van der Waals surface area (Å²) in [6.45, 7) is 5.33. The molecular weight excluding hydrogens is 507 g/mol. The molecule has 2 aromatic carbocycles. The summed E-state index contributed by atoms with van der Waals surface area (Å²) in [6, 6.07) is 9.39. The van der Waals surface area contributed by atoms with Crippen molar-refractivity contribution in [1.82, 2.24) is 4.90 Å². The molecule has 2 atom stereocenters. The summed E-state index contributed by atoms with van der Waals surface area (Å²) in [5, 5.41) is 0. The molecule has 1 fully saturated rings. The van der Waals surface area contributed by atoms with Gasteiger partial charge in [0.2, 0.25) is 0 Å². The third kappa shape index (κ3) is 6.96. The Bertz CT molecular complexity index is 1170. The van der Waals surface area contributed by atoms with Crippen LogP contribution < -0.4 is 0 Å². The molecule has 206 valence electrons. The van der Waals surface area contributed by atoms with Crippen LogP contribution in [0.2, 0.25) is 0 Å². The Morgan fingerprint density at radius 2 is 1.61 bits per heavy atom. The quantitative estimate of drug-likeness (QED) is 0.347. The van der Waals surface area contributed by atoms with Crippen molar-refractivity contribution < 1.29 is 46.5 Å². The Morgan fingerprint density at radius 3 is 2.16 bits per heavy atom. The number of rotatable bonds is 5. The molecule has 2 aromatic rings. The summed E-state index contributed by atoms with van der Waals surface area (Å²) in [4.78, 5) is 37.8. The van der Waals surface area contributed by atoms with Crippen LogP contribution >= 0.6 is 0 Å². The molecule has 11 heteroatoms. The zero-order valence-electron chi connectivity index (χ0n) is 21.8. The van der Waals surface area contributed by atoms with Crippen molar-refractivity contribution in [3.05, 3.63) is 59.2 Å². The van der Waals surface area contributed by atoms with Gasteiger partial charge in [0.1, 0.15) is 12.2 Å². The van der Waals surface area contributed by atoms with E-state index in [1.165, 1.54) is 42.3 Å². The second kappa shape index (κ2) is 11.3. The van der Waals surface area contributed by atoms with Gasteiger partial charge in [-0.3, -0.25) is 0 Å². The number of benzene rings is 2. The molecule has 38 heavy (non-hydrogen) atoms. The molecule has 1 amide bonds. The fourth-order valence-corrected chi connectivity index (χ4v) is 4.31. The van der Waals surface area contributed by atoms with Crippen molar-refractivity contribution in [3.8, 4) is 11.1 Å². The molecule has 1 heterocycles. The third-order valence-corrected chi connectivity index (χ3v) is 6.07. The fourth-order valence-electron chi connectivity index (χ4n) is 4.31. The monoisotopic (exact) mass is 537 g/mol.